The molecule has 29 heavy (non-hydrogen) atoms. The van der Waals surface area contributed by atoms with Crippen LogP contribution in [-0.2, 0) is 16.0 Å². The first-order chi connectivity index (χ1) is 14.0. The molecule has 8 heteroatoms. The molecule has 0 aromatic heterocycles. The topological polar surface area (TPSA) is 85.9 Å². The first-order valence-corrected chi connectivity index (χ1v) is 9.74. The number of halogens is 1. The van der Waals surface area contributed by atoms with E-state index < -0.39 is 17.9 Å². The molecule has 0 saturated heterocycles. The van der Waals surface area contributed by atoms with Crippen molar-refractivity contribution in [1.29, 1.82) is 0 Å². The van der Waals surface area contributed by atoms with Gasteiger partial charge in [0.1, 0.15) is 23.9 Å². The highest BCUT2D eigenvalue weighted by molar-refractivity contribution is 6.30. The van der Waals surface area contributed by atoms with Crippen molar-refractivity contribution in [1.82, 2.24) is 10.9 Å². The van der Waals surface area contributed by atoms with E-state index >= 15 is 0 Å². The van der Waals surface area contributed by atoms with Crippen molar-refractivity contribution in [2.45, 2.75) is 26.4 Å². The van der Waals surface area contributed by atoms with Crippen LogP contribution in [-0.4, -0.2) is 31.1 Å². The molecule has 1 aliphatic heterocycles. The molecular formula is C21H23ClN2O5. The molecule has 154 valence electrons. The average Bonchev–Trinajstić information content (AvgIpc) is 2.72. The lowest BCUT2D eigenvalue weighted by atomic mass is 9.96. The molecule has 0 aliphatic carbocycles. The molecule has 2 amide bonds. The van der Waals surface area contributed by atoms with Crippen molar-refractivity contribution in [3.05, 3.63) is 53.1 Å². The van der Waals surface area contributed by atoms with Gasteiger partial charge in [0.05, 0.1) is 12.5 Å². The molecule has 0 unspecified atom stereocenters. The van der Waals surface area contributed by atoms with E-state index in [2.05, 4.69) is 10.9 Å². The van der Waals surface area contributed by atoms with Crippen LogP contribution in [0, 0.1) is 5.92 Å². The summed E-state index contributed by atoms with van der Waals surface area (Å²) in [7, 11) is 0. The second-order valence-corrected chi connectivity index (χ2v) is 7.04. The molecule has 2 N–H and O–H groups in total. The van der Waals surface area contributed by atoms with E-state index in [1.165, 1.54) is 0 Å². The number of hydrazine groups is 1. The van der Waals surface area contributed by atoms with Gasteiger partial charge in [0.25, 0.3) is 5.91 Å². The van der Waals surface area contributed by atoms with E-state index in [0.717, 1.165) is 17.1 Å². The molecule has 1 heterocycles. The Bertz CT molecular complexity index is 872. The first-order valence-electron chi connectivity index (χ1n) is 9.36. The monoisotopic (exact) mass is 418 g/mol. The zero-order chi connectivity index (χ0) is 20.8. The summed E-state index contributed by atoms with van der Waals surface area (Å²) in [5, 5.41) is 0.585. The van der Waals surface area contributed by atoms with Crippen LogP contribution in [0.4, 0.5) is 0 Å². The van der Waals surface area contributed by atoms with Crippen molar-refractivity contribution in [3.8, 4) is 17.2 Å². The third kappa shape index (κ3) is 5.54. The van der Waals surface area contributed by atoms with Gasteiger partial charge in [-0.15, -0.1) is 0 Å². The number of ether oxygens (including phenoxy) is 3. The zero-order valence-electron chi connectivity index (χ0n) is 16.2. The molecule has 2 aromatic rings. The van der Waals surface area contributed by atoms with Crippen molar-refractivity contribution >= 4 is 23.4 Å². The molecule has 3 rings (SSSR count). The van der Waals surface area contributed by atoms with Crippen molar-refractivity contribution in [2.24, 2.45) is 5.92 Å². The predicted molar refractivity (Wildman–Crippen MR) is 108 cm³/mol. The molecule has 0 fully saturated rings. The quantitative estimate of drug-likeness (QED) is 0.704. The van der Waals surface area contributed by atoms with Crippen molar-refractivity contribution in [3.63, 3.8) is 0 Å². The highest BCUT2D eigenvalue weighted by Gasteiger charge is 2.27. The lowest BCUT2D eigenvalue weighted by Gasteiger charge is -2.25. The van der Waals surface area contributed by atoms with Crippen LogP contribution >= 0.6 is 11.6 Å². The molecule has 0 spiro atoms. The molecule has 0 bridgehead atoms. The number of amides is 2. The molecule has 0 saturated carbocycles. The van der Waals surface area contributed by atoms with Crippen molar-refractivity contribution in [2.75, 3.05) is 13.2 Å². The molecule has 2 aromatic carbocycles. The van der Waals surface area contributed by atoms with Gasteiger partial charge in [-0.1, -0.05) is 11.6 Å². The summed E-state index contributed by atoms with van der Waals surface area (Å²) in [4.78, 5) is 24.6. The van der Waals surface area contributed by atoms with Crippen LogP contribution in [0.3, 0.4) is 0 Å². The van der Waals surface area contributed by atoms with E-state index in [0.29, 0.717) is 23.8 Å². The average molecular weight is 419 g/mol. The molecule has 2 atom stereocenters. The number of carbonyl (C=O) groups excluding carboxylic acids is 2. The van der Waals surface area contributed by atoms with Gasteiger partial charge in [-0.25, -0.2) is 0 Å². The van der Waals surface area contributed by atoms with Gasteiger partial charge in [-0.2, -0.15) is 0 Å². The smallest absolute Gasteiger partial charge is 0.279 e. The Morgan fingerprint density at radius 3 is 2.62 bits per heavy atom. The highest BCUT2D eigenvalue weighted by Crippen LogP contribution is 2.29. The summed E-state index contributed by atoms with van der Waals surface area (Å²) in [5.41, 5.74) is 5.70. The van der Waals surface area contributed by atoms with Gasteiger partial charge < -0.3 is 14.2 Å². The maximum atomic E-state index is 12.4. The largest absolute Gasteiger partial charge is 0.494 e. The number of fused-ring (bicyclic) bond motifs is 1. The second-order valence-electron chi connectivity index (χ2n) is 6.61. The van der Waals surface area contributed by atoms with Crippen LogP contribution in [0.5, 0.6) is 17.2 Å². The fourth-order valence-corrected chi connectivity index (χ4v) is 3.09. The molecule has 0 radical (unpaired) electrons. The number of benzene rings is 2. The summed E-state index contributed by atoms with van der Waals surface area (Å²) in [5.74, 6) is 0.742. The van der Waals surface area contributed by atoms with Crippen LogP contribution in [0.15, 0.2) is 42.5 Å². The van der Waals surface area contributed by atoms with E-state index in [-0.39, 0.29) is 12.5 Å². The minimum Gasteiger partial charge on any atom is -0.494 e. The Morgan fingerprint density at radius 2 is 1.90 bits per heavy atom. The number of hydrogen-bond donors (Lipinski definition) is 2. The number of nitrogens with one attached hydrogen (secondary N) is 2. The van der Waals surface area contributed by atoms with Gasteiger partial charge in [-0.05, 0) is 68.3 Å². The normalized spacial score (nSPS) is 16.0. The lowest BCUT2D eigenvalue weighted by Crippen LogP contribution is -2.50. The Labute approximate surface area is 174 Å². The van der Waals surface area contributed by atoms with E-state index in [1.807, 2.05) is 6.92 Å². The Balaban J connectivity index is 1.47. The number of rotatable bonds is 6. The SMILES string of the molecule is CCOc1ccc(O[C@H](C)C(=O)NNC(=O)[C@@H]2COc3ccc(Cl)cc3C2)cc1. The maximum absolute atomic E-state index is 12.4. The van der Waals surface area contributed by atoms with Gasteiger partial charge in [0.15, 0.2) is 6.10 Å². The van der Waals surface area contributed by atoms with Gasteiger partial charge in [-0.3, -0.25) is 20.4 Å². The van der Waals surface area contributed by atoms with E-state index in [1.54, 1.807) is 49.4 Å². The summed E-state index contributed by atoms with van der Waals surface area (Å²) in [6.45, 7) is 4.30. The van der Waals surface area contributed by atoms with Crippen LogP contribution in [0.1, 0.15) is 19.4 Å². The summed E-state index contributed by atoms with van der Waals surface area (Å²) in [6, 6.07) is 12.3. The zero-order valence-corrected chi connectivity index (χ0v) is 17.0. The van der Waals surface area contributed by atoms with Gasteiger partial charge in [0, 0.05) is 5.02 Å². The lowest BCUT2D eigenvalue weighted by molar-refractivity contribution is -0.134. The van der Waals surface area contributed by atoms with Gasteiger partial charge >= 0.3 is 0 Å². The minimum atomic E-state index is -0.796. The predicted octanol–water partition coefficient (Wildman–Crippen LogP) is 2.90. The van der Waals surface area contributed by atoms with Gasteiger partial charge in [0.2, 0.25) is 5.91 Å². The third-order valence-corrected chi connectivity index (χ3v) is 4.66. The Kier molecular flexibility index (Phi) is 6.82. The van der Waals surface area contributed by atoms with Crippen LogP contribution < -0.4 is 25.1 Å². The van der Waals surface area contributed by atoms with Crippen LogP contribution in [0.2, 0.25) is 5.02 Å². The molecule has 1 aliphatic rings. The Morgan fingerprint density at radius 1 is 1.17 bits per heavy atom. The minimum absolute atomic E-state index is 0.231. The summed E-state index contributed by atoms with van der Waals surface area (Å²) >= 11 is 6.00. The van der Waals surface area contributed by atoms with Crippen molar-refractivity contribution < 1.29 is 23.8 Å². The fourth-order valence-electron chi connectivity index (χ4n) is 2.90. The van der Waals surface area contributed by atoms with E-state index in [4.69, 9.17) is 25.8 Å². The van der Waals surface area contributed by atoms with Crippen LogP contribution in [0.25, 0.3) is 0 Å². The number of hydrogen-bond acceptors (Lipinski definition) is 5. The first kappa shape index (κ1) is 20.8. The molecular weight excluding hydrogens is 396 g/mol. The Hall–Kier alpha value is -2.93. The third-order valence-electron chi connectivity index (χ3n) is 4.43. The maximum Gasteiger partial charge on any atom is 0.279 e. The summed E-state index contributed by atoms with van der Waals surface area (Å²) in [6.07, 6.45) is -0.314. The second kappa shape index (κ2) is 9.52. The highest BCUT2D eigenvalue weighted by atomic mass is 35.5. The number of carbonyl (C=O) groups is 2. The van der Waals surface area contributed by atoms with E-state index in [9.17, 15) is 9.59 Å². The standard InChI is InChI=1S/C21H23ClN2O5/c1-3-27-17-5-7-18(8-6-17)29-13(2)20(25)23-24-21(26)15-10-14-11-16(22)4-9-19(14)28-12-15/h4-9,11,13,15H,3,10,12H2,1-2H3,(H,23,25)(H,24,26)/t13-,15+/m1/s1. The molecule has 7 nitrogen and oxygen atoms in total. The fraction of sp³-hybridized carbons (Fsp3) is 0.333. The summed E-state index contributed by atoms with van der Waals surface area (Å²) < 4.78 is 16.6.